The average Bonchev–Trinajstić information content (AvgIpc) is 3.22. The largest absolute Gasteiger partial charge is 0.324 e. The lowest BCUT2D eigenvalue weighted by molar-refractivity contribution is -0.119. The van der Waals surface area contributed by atoms with Crippen molar-refractivity contribution in [3.05, 3.63) is 77.3 Å². The molecule has 8 heteroatoms. The molecule has 28 heavy (non-hydrogen) atoms. The van der Waals surface area contributed by atoms with E-state index in [9.17, 15) is 9.59 Å². The van der Waals surface area contributed by atoms with Crippen LogP contribution in [-0.2, 0) is 9.59 Å². The maximum atomic E-state index is 12.2. The van der Waals surface area contributed by atoms with E-state index >= 15 is 0 Å². The molecule has 1 heterocycles. The molecule has 0 aliphatic carbocycles. The van der Waals surface area contributed by atoms with E-state index in [4.69, 9.17) is 0 Å². The van der Waals surface area contributed by atoms with E-state index in [-0.39, 0.29) is 11.8 Å². The van der Waals surface area contributed by atoms with Gasteiger partial charge < -0.3 is 10.6 Å². The summed E-state index contributed by atoms with van der Waals surface area (Å²) < 4.78 is 2.42. The molecule has 0 spiro atoms. The lowest BCUT2D eigenvalue weighted by Crippen LogP contribution is -2.24. The minimum Gasteiger partial charge on any atom is -0.324 e. The number of anilines is 2. The highest BCUT2D eigenvalue weighted by Crippen LogP contribution is 2.16. The summed E-state index contributed by atoms with van der Waals surface area (Å²) in [5, 5.41) is 9.54. The Kier molecular flexibility index (Phi) is 6.33. The number of halogens is 1. The van der Waals surface area contributed by atoms with Crippen LogP contribution in [0.4, 0.5) is 11.4 Å². The van der Waals surface area contributed by atoms with Crippen molar-refractivity contribution in [1.29, 1.82) is 0 Å². The van der Waals surface area contributed by atoms with Crippen molar-refractivity contribution in [2.75, 3.05) is 10.6 Å². The van der Waals surface area contributed by atoms with Gasteiger partial charge in [-0.05, 0) is 55.0 Å². The number of benzene rings is 2. The van der Waals surface area contributed by atoms with Gasteiger partial charge in [-0.25, -0.2) is 9.67 Å². The van der Waals surface area contributed by atoms with Crippen LogP contribution < -0.4 is 10.6 Å². The van der Waals surface area contributed by atoms with Gasteiger partial charge in [-0.15, -0.1) is 0 Å². The van der Waals surface area contributed by atoms with Gasteiger partial charge in [0.15, 0.2) is 0 Å². The molecule has 3 rings (SSSR count). The van der Waals surface area contributed by atoms with E-state index in [1.54, 1.807) is 37.3 Å². The molecule has 7 nitrogen and oxygen atoms in total. The first-order valence-corrected chi connectivity index (χ1v) is 9.30. The minimum atomic E-state index is -0.481. The summed E-state index contributed by atoms with van der Waals surface area (Å²) in [6.07, 6.45) is 6.08. The fraction of sp³-hybridized carbons (Fsp3) is 0.100. The number of aromatic nitrogens is 3. The number of hydrogen-bond acceptors (Lipinski definition) is 4. The van der Waals surface area contributed by atoms with Crippen LogP contribution in [-0.4, -0.2) is 26.6 Å². The van der Waals surface area contributed by atoms with Gasteiger partial charge in [0.05, 0.1) is 0 Å². The molecule has 1 atom stereocenters. The van der Waals surface area contributed by atoms with E-state index < -0.39 is 6.04 Å². The minimum absolute atomic E-state index is 0.209. The van der Waals surface area contributed by atoms with Gasteiger partial charge in [0.1, 0.15) is 18.7 Å². The number of hydrogen-bond donors (Lipinski definition) is 2. The van der Waals surface area contributed by atoms with Gasteiger partial charge in [-0.3, -0.25) is 9.59 Å². The van der Waals surface area contributed by atoms with Gasteiger partial charge in [-0.2, -0.15) is 5.10 Å². The second-order valence-corrected chi connectivity index (χ2v) is 6.91. The Balaban J connectivity index is 1.55. The van der Waals surface area contributed by atoms with Crippen LogP contribution in [0.5, 0.6) is 0 Å². The van der Waals surface area contributed by atoms with E-state index in [0.717, 1.165) is 10.0 Å². The van der Waals surface area contributed by atoms with Crippen LogP contribution in [0.15, 0.2) is 71.7 Å². The molecule has 0 saturated heterocycles. The van der Waals surface area contributed by atoms with Crippen molar-refractivity contribution in [3.63, 3.8) is 0 Å². The van der Waals surface area contributed by atoms with Crippen molar-refractivity contribution in [1.82, 2.24) is 14.8 Å². The molecular formula is C20H18BrN5O2. The Morgan fingerprint density at radius 1 is 1.11 bits per heavy atom. The molecule has 0 radical (unpaired) electrons. The van der Waals surface area contributed by atoms with Gasteiger partial charge in [0.2, 0.25) is 11.8 Å². The number of carbonyl (C=O) groups excluding carboxylic acids is 2. The topological polar surface area (TPSA) is 88.9 Å². The van der Waals surface area contributed by atoms with Crippen LogP contribution in [0.1, 0.15) is 18.5 Å². The first kappa shape index (κ1) is 19.5. The first-order valence-electron chi connectivity index (χ1n) is 8.51. The third-order valence-electron chi connectivity index (χ3n) is 3.91. The number of nitrogens with zero attached hydrogens (tertiary/aromatic N) is 3. The van der Waals surface area contributed by atoms with Crippen LogP contribution in [0, 0.1) is 0 Å². The second-order valence-electron chi connectivity index (χ2n) is 6.00. The molecule has 0 aliphatic heterocycles. The molecule has 3 aromatic rings. The van der Waals surface area contributed by atoms with Crippen molar-refractivity contribution < 1.29 is 9.59 Å². The quantitative estimate of drug-likeness (QED) is 0.570. The molecular weight excluding hydrogens is 422 g/mol. The zero-order valence-electron chi connectivity index (χ0n) is 15.0. The zero-order valence-corrected chi connectivity index (χ0v) is 16.6. The molecule has 0 aliphatic rings. The monoisotopic (exact) mass is 439 g/mol. The van der Waals surface area contributed by atoms with Crippen molar-refractivity contribution >= 4 is 45.2 Å². The van der Waals surface area contributed by atoms with Crippen LogP contribution in [0.25, 0.3) is 6.08 Å². The fourth-order valence-electron chi connectivity index (χ4n) is 2.39. The Bertz CT molecular complexity index is 984. The lowest BCUT2D eigenvalue weighted by atomic mass is 10.2. The maximum absolute atomic E-state index is 12.2. The van der Waals surface area contributed by atoms with Gasteiger partial charge in [0.25, 0.3) is 0 Å². The Morgan fingerprint density at radius 2 is 1.82 bits per heavy atom. The number of rotatable bonds is 6. The van der Waals surface area contributed by atoms with E-state index in [1.165, 1.54) is 23.4 Å². The predicted octanol–water partition coefficient (Wildman–Crippen LogP) is 3.89. The highest BCUT2D eigenvalue weighted by atomic mass is 79.9. The summed E-state index contributed by atoms with van der Waals surface area (Å²) in [5.41, 5.74) is 2.18. The summed E-state index contributed by atoms with van der Waals surface area (Å²) in [4.78, 5) is 28.1. The molecule has 142 valence electrons. The molecule has 0 saturated carbocycles. The number of nitrogens with one attached hydrogen (secondary N) is 2. The van der Waals surface area contributed by atoms with Crippen LogP contribution in [0.3, 0.4) is 0 Å². The number of amides is 2. The highest BCUT2D eigenvalue weighted by Gasteiger charge is 2.15. The van der Waals surface area contributed by atoms with Crippen LogP contribution >= 0.6 is 15.9 Å². The molecule has 1 aromatic heterocycles. The van der Waals surface area contributed by atoms with Crippen molar-refractivity contribution in [2.24, 2.45) is 0 Å². The summed E-state index contributed by atoms with van der Waals surface area (Å²) in [6, 6.07) is 14.1. The smallest absolute Gasteiger partial charge is 0.249 e. The van der Waals surface area contributed by atoms with E-state index in [2.05, 4.69) is 36.6 Å². The Hall–Kier alpha value is -3.26. The summed E-state index contributed by atoms with van der Waals surface area (Å²) in [6.45, 7) is 1.73. The van der Waals surface area contributed by atoms with Gasteiger partial charge in [-0.1, -0.05) is 28.1 Å². The van der Waals surface area contributed by atoms with Crippen LogP contribution in [0.2, 0.25) is 0 Å². The van der Waals surface area contributed by atoms with Crippen molar-refractivity contribution in [2.45, 2.75) is 13.0 Å². The molecule has 2 amide bonds. The van der Waals surface area contributed by atoms with Gasteiger partial charge in [0, 0.05) is 21.9 Å². The van der Waals surface area contributed by atoms with E-state index in [0.29, 0.717) is 11.4 Å². The van der Waals surface area contributed by atoms with Crippen molar-refractivity contribution in [3.8, 4) is 0 Å². The molecule has 2 N–H and O–H groups in total. The van der Waals surface area contributed by atoms with Gasteiger partial charge >= 0.3 is 0 Å². The maximum Gasteiger partial charge on any atom is 0.249 e. The Morgan fingerprint density at radius 3 is 2.46 bits per heavy atom. The average molecular weight is 440 g/mol. The molecule has 0 bridgehead atoms. The lowest BCUT2D eigenvalue weighted by Gasteiger charge is -2.12. The predicted molar refractivity (Wildman–Crippen MR) is 112 cm³/mol. The third kappa shape index (κ3) is 5.37. The molecule has 2 aromatic carbocycles. The molecule has 1 unspecified atom stereocenters. The fourth-order valence-corrected chi connectivity index (χ4v) is 2.80. The standard InChI is InChI=1S/C20H18BrN5O2/c1-14(26-13-22-12-23-26)20(28)25-18-8-6-17(7-9-18)24-19(27)10-5-15-3-2-4-16(21)11-15/h2-14H,1H3,(H,24,27)(H,25,28)/b10-5+. The normalized spacial score (nSPS) is 11.9. The summed E-state index contributed by atoms with van der Waals surface area (Å²) in [7, 11) is 0. The first-order chi connectivity index (χ1) is 13.5. The number of carbonyl (C=O) groups is 2. The molecule has 0 fully saturated rings. The summed E-state index contributed by atoms with van der Waals surface area (Å²) >= 11 is 3.39. The Labute approximate surface area is 170 Å². The summed E-state index contributed by atoms with van der Waals surface area (Å²) in [5.74, 6) is -0.448. The third-order valence-corrected chi connectivity index (χ3v) is 4.40. The highest BCUT2D eigenvalue weighted by molar-refractivity contribution is 9.10. The van der Waals surface area contributed by atoms with E-state index in [1.807, 2.05) is 24.3 Å². The zero-order chi connectivity index (χ0) is 19.9. The SMILES string of the molecule is CC(C(=O)Nc1ccc(NC(=O)/C=C/c2cccc(Br)c2)cc1)n1cncn1. The second kappa shape index (κ2) is 9.09.